The Morgan fingerprint density at radius 2 is 1.32 bits per heavy atom. The molecule has 4 rings (SSSR count). The van der Waals surface area contributed by atoms with E-state index in [1.54, 1.807) is 42.5 Å². The molecule has 2 heteroatoms. The molecule has 0 nitrogen and oxygen atoms in total. The zero-order valence-corrected chi connectivity index (χ0v) is 13.0. The fraction of sp³-hybridized carbons (Fsp3) is 0.300. The average Bonchev–Trinajstić information content (AvgIpc) is 2.44. The van der Waals surface area contributed by atoms with Gasteiger partial charge in [0.15, 0.2) is 0 Å². The van der Waals surface area contributed by atoms with E-state index in [4.69, 9.17) is 0 Å². The summed E-state index contributed by atoms with van der Waals surface area (Å²) in [4.78, 5) is 0. The van der Waals surface area contributed by atoms with Crippen LogP contribution in [-0.4, -0.2) is 11.3 Å². The van der Waals surface area contributed by atoms with Gasteiger partial charge in [0.2, 0.25) is 11.3 Å². The lowest BCUT2D eigenvalue weighted by Crippen LogP contribution is -2.56. The molecule has 0 aromatic rings. The van der Waals surface area contributed by atoms with Crippen molar-refractivity contribution in [1.29, 1.82) is 0 Å². The van der Waals surface area contributed by atoms with Crippen LogP contribution in [0.15, 0.2) is 82.5 Å². The van der Waals surface area contributed by atoms with E-state index in [9.17, 15) is 0 Å². The largest absolute Gasteiger partial charge is 0.229 e. The summed E-state index contributed by atoms with van der Waals surface area (Å²) >= 11 is 0. The molecular formula is C20H18F2. The summed E-state index contributed by atoms with van der Waals surface area (Å²) in [7, 11) is 0. The maximum absolute atomic E-state index is 16.1. The summed E-state index contributed by atoms with van der Waals surface area (Å²) in [5.41, 5.74) is -1.75. The molecule has 0 N–H and O–H groups in total. The third kappa shape index (κ3) is 1.41. The van der Waals surface area contributed by atoms with Gasteiger partial charge in [0.25, 0.3) is 0 Å². The van der Waals surface area contributed by atoms with Gasteiger partial charge in [-0.2, -0.15) is 0 Å². The highest BCUT2D eigenvalue weighted by molar-refractivity contribution is 5.72. The van der Waals surface area contributed by atoms with E-state index in [-0.39, 0.29) is 5.41 Å². The first-order valence-corrected chi connectivity index (χ1v) is 7.60. The van der Waals surface area contributed by atoms with E-state index < -0.39 is 11.3 Å². The van der Waals surface area contributed by atoms with Crippen molar-refractivity contribution in [2.24, 2.45) is 5.41 Å². The van der Waals surface area contributed by atoms with Crippen LogP contribution in [0.4, 0.5) is 8.78 Å². The summed E-state index contributed by atoms with van der Waals surface area (Å²) in [6.07, 6.45) is 15.6. The molecule has 0 saturated heterocycles. The molecule has 0 aliphatic heterocycles. The smallest absolute Gasteiger partial charge is 0.203 e. The van der Waals surface area contributed by atoms with E-state index in [0.29, 0.717) is 22.3 Å². The lowest BCUT2D eigenvalue weighted by atomic mass is 9.59. The molecule has 0 fully saturated rings. The zero-order chi connectivity index (χ0) is 15.8. The molecule has 0 amide bonds. The third-order valence-electron chi connectivity index (χ3n) is 4.99. The van der Waals surface area contributed by atoms with E-state index in [0.717, 1.165) is 5.57 Å². The number of alkyl halides is 2. The Hall–Kier alpha value is -1.96. The second-order valence-electron chi connectivity index (χ2n) is 7.32. The normalized spacial score (nSPS) is 35.0. The molecule has 0 aromatic carbocycles. The SMILES string of the molecule is CC(C)(C)C1=CC2=CC=C3C=CC=C4C=CC(=C1)C2(F)C43F. The van der Waals surface area contributed by atoms with Gasteiger partial charge in [-0.05, 0) is 33.3 Å². The monoisotopic (exact) mass is 296 g/mol. The Labute approximate surface area is 129 Å². The Morgan fingerprint density at radius 1 is 0.727 bits per heavy atom. The lowest BCUT2D eigenvalue weighted by Gasteiger charge is -2.49. The summed E-state index contributed by atoms with van der Waals surface area (Å²) in [6, 6.07) is 0. The molecule has 4 aliphatic rings. The van der Waals surface area contributed by atoms with Crippen LogP contribution in [-0.2, 0) is 0 Å². The lowest BCUT2D eigenvalue weighted by molar-refractivity contribution is 0.0753. The van der Waals surface area contributed by atoms with Crippen LogP contribution >= 0.6 is 0 Å². The van der Waals surface area contributed by atoms with Gasteiger partial charge < -0.3 is 0 Å². The third-order valence-corrected chi connectivity index (χ3v) is 4.99. The first kappa shape index (κ1) is 13.7. The average molecular weight is 296 g/mol. The van der Waals surface area contributed by atoms with Gasteiger partial charge in [0, 0.05) is 0 Å². The summed E-state index contributed by atoms with van der Waals surface area (Å²) in [5.74, 6) is 0. The summed E-state index contributed by atoms with van der Waals surface area (Å²) < 4.78 is 32.0. The summed E-state index contributed by atoms with van der Waals surface area (Å²) in [6.45, 7) is 6.24. The quantitative estimate of drug-likeness (QED) is 0.573. The first-order valence-electron chi connectivity index (χ1n) is 7.60. The van der Waals surface area contributed by atoms with Crippen LogP contribution in [0.1, 0.15) is 20.8 Å². The maximum atomic E-state index is 16.1. The zero-order valence-electron chi connectivity index (χ0n) is 13.0. The number of hydrogen-bond acceptors (Lipinski definition) is 0. The fourth-order valence-corrected chi connectivity index (χ4v) is 3.65. The van der Waals surface area contributed by atoms with Gasteiger partial charge in [-0.3, -0.25) is 0 Å². The van der Waals surface area contributed by atoms with Crippen LogP contribution in [0.25, 0.3) is 0 Å². The van der Waals surface area contributed by atoms with Crippen molar-refractivity contribution in [1.82, 2.24) is 0 Å². The van der Waals surface area contributed by atoms with Crippen LogP contribution < -0.4 is 0 Å². The standard InChI is InChI=1S/C20H18F2/c1-18(2,3)17-11-15-9-7-13-5-4-6-14-8-10-16(12-17)20(15,22)19(13,14)21/h4-12H,1-3H3. The van der Waals surface area contributed by atoms with Crippen molar-refractivity contribution >= 4 is 0 Å². The van der Waals surface area contributed by atoms with Gasteiger partial charge in [-0.1, -0.05) is 75.5 Å². The Morgan fingerprint density at radius 3 is 2.05 bits per heavy atom. The highest BCUT2D eigenvalue weighted by Crippen LogP contribution is 2.59. The van der Waals surface area contributed by atoms with Crippen LogP contribution in [0.2, 0.25) is 0 Å². The van der Waals surface area contributed by atoms with Gasteiger partial charge in [0.05, 0.1) is 0 Å². The predicted molar refractivity (Wildman–Crippen MR) is 85.8 cm³/mol. The predicted octanol–water partition coefficient (Wildman–Crippen LogP) is 5.25. The second kappa shape index (κ2) is 3.87. The van der Waals surface area contributed by atoms with Crippen molar-refractivity contribution < 1.29 is 8.78 Å². The van der Waals surface area contributed by atoms with Crippen molar-refractivity contribution in [3.63, 3.8) is 0 Å². The van der Waals surface area contributed by atoms with E-state index >= 15 is 8.78 Å². The molecule has 112 valence electrons. The molecule has 2 atom stereocenters. The molecule has 22 heavy (non-hydrogen) atoms. The Kier molecular flexibility index (Phi) is 2.40. The molecule has 0 saturated carbocycles. The Balaban J connectivity index is 2.05. The number of allylic oxidation sites excluding steroid dienone is 14. The minimum atomic E-state index is -2.13. The fourth-order valence-electron chi connectivity index (χ4n) is 3.65. The number of hydrogen-bond donors (Lipinski definition) is 0. The van der Waals surface area contributed by atoms with Crippen molar-refractivity contribution in [2.75, 3.05) is 0 Å². The van der Waals surface area contributed by atoms with Crippen molar-refractivity contribution in [2.45, 2.75) is 32.1 Å². The van der Waals surface area contributed by atoms with Gasteiger partial charge >= 0.3 is 0 Å². The number of rotatable bonds is 0. The first-order chi connectivity index (χ1) is 10.3. The molecule has 4 aliphatic carbocycles. The molecule has 0 heterocycles. The van der Waals surface area contributed by atoms with Crippen LogP contribution in [0, 0.1) is 5.41 Å². The van der Waals surface area contributed by atoms with Crippen LogP contribution in [0.5, 0.6) is 0 Å². The second-order valence-corrected chi connectivity index (χ2v) is 7.32. The van der Waals surface area contributed by atoms with Crippen LogP contribution in [0.3, 0.4) is 0 Å². The molecular weight excluding hydrogens is 278 g/mol. The number of halogens is 2. The highest BCUT2D eigenvalue weighted by Gasteiger charge is 2.64. The van der Waals surface area contributed by atoms with E-state index in [2.05, 4.69) is 20.8 Å². The van der Waals surface area contributed by atoms with E-state index in [1.807, 2.05) is 12.2 Å². The Bertz CT molecular complexity index is 790. The minimum absolute atomic E-state index is 0.112. The van der Waals surface area contributed by atoms with Crippen molar-refractivity contribution in [3.8, 4) is 0 Å². The van der Waals surface area contributed by atoms with Gasteiger partial charge in [0.1, 0.15) is 0 Å². The maximum Gasteiger partial charge on any atom is 0.203 e. The van der Waals surface area contributed by atoms with Gasteiger partial charge in [-0.15, -0.1) is 0 Å². The minimum Gasteiger partial charge on any atom is -0.229 e. The summed E-state index contributed by atoms with van der Waals surface area (Å²) in [5, 5.41) is 0. The molecule has 0 spiro atoms. The molecule has 0 radical (unpaired) electrons. The van der Waals surface area contributed by atoms with Gasteiger partial charge in [-0.25, -0.2) is 8.78 Å². The van der Waals surface area contributed by atoms with E-state index in [1.165, 1.54) is 0 Å². The molecule has 0 aromatic heterocycles. The topological polar surface area (TPSA) is 0 Å². The molecule has 0 bridgehead atoms. The van der Waals surface area contributed by atoms with Crippen molar-refractivity contribution in [3.05, 3.63) is 82.5 Å². The molecule has 2 unspecified atom stereocenters. The highest BCUT2D eigenvalue weighted by atomic mass is 19.2.